The van der Waals surface area contributed by atoms with Crippen molar-refractivity contribution < 1.29 is 8.42 Å². The van der Waals surface area contributed by atoms with Crippen molar-refractivity contribution >= 4 is 22.4 Å². The van der Waals surface area contributed by atoms with Crippen LogP contribution in [0.15, 0.2) is 17.6 Å². The summed E-state index contributed by atoms with van der Waals surface area (Å²) in [6.07, 6.45) is 4.16. The minimum Gasteiger partial charge on any atom is -0.336 e. The summed E-state index contributed by atoms with van der Waals surface area (Å²) in [6.45, 7) is 8.63. The van der Waals surface area contributed by atoms with Gasteiger partial charge in [0, 0.05) is 25.3 Å². The zero-order valence-electron chi connectivity index (χ0n) is 12.7. The van der Waals surface area contributed by atoms with Crippen molar-refractivity contribution in [2.45, 2.75) is 44.8 Å². The molecule has 0 radical (unpaired) electrons. The molecule has 2 unspecified atom stereocenters. The number of halogens is 1. The molecule has 0 aromatic carbocycles. The number of rotatable bonds is 5. The Labute approximate surface area is 133 Å². The zero-order chi connectivity index (χ0) is 14.8. The first kappa shape index (κ1) is 18.4. The molecule has 8 heteroatoms. The van der Waals surface area contributed by atoms with Crippen LogP contribution in [0.2, 0.25) is 0 Å². The van der Waals surface area contributed by atoms with Crippen LogP contribution in [-0.2, 0) is 16.6 Å². The van der Waals surface area contributed by atoms with E-state index in [1.165, 1.54) is 0 Å². The van der Waals surface area contributed by atoms with Gasteiger partial charge >= 0.3 is 0 Å². The lowest BCUT2D eigenvalue weighted by atomic mass is 9.96. The summed E-state index contributed by atoms with van der Waals surface area (Å²) in [5.41, 5.74) is 0. The summed E-state index contributed by atoms with van der Waals surface area (Å²) in [6, 6.07) is -0.0657. The Bertz CT molecular complexity index is 544. The summed E-state index contributed by atoms with van der Waals surface area (Å²) in [7, 11) is -3.53. The van der Waals surface area contributed by atoms with Gasteiger partial charge in [0.1, 0.15) is 0 Å². The fourth-order valence-corrected chi connectivity index (χ4v) is 3.70. The van der Waals surface area contributed by atoms with Crippen molar-refractivity contribution in [3.05, 3.63) is 12.5 Å². The molecule has 0 saturated carbocycles. The average molecular weight is 337 g/mol. The predicted molar refractivity (Wildman–Crippen MR) is 85.1 cm³/mol. The number of nitrogens with zero attached hydrogens (tertiary/aromatic N) is 2. The van der Waals surface area contributed by atoms with Gasteiger partial charge in [0.25, 0.3) is 10.0 Å². The van der Waals surface area contributed by atoms with Crippen LogP contribution < -0.4 is 10.0 Å². The molecule has 1 aromatic rings. The first-order chi connectivity index (χ1) is 9.38. The molecule has 6 nitrogen and oxygen atoms in total. The Hall–Kier alpha value is -0.630. The Morgan fingerprint density at radius 3 is 2.86 bits per heavy atom. The number of hydrogen-bond donors (Lipinski definition) is 2. The number of hydrogen-bond acceptors (Lipinski definition) is 4. The minimum atomic E-state index is -3.53. The van der Waals surface area contributed by atoms with Gasteiger partial charge in [-0.2, -0.15) is 0 Å². The van der Waals surface area contributed by atoms with Gasteiger partial charge in [-0.3, -0.25) is 0 Å². The minimum absolute atomic E-state index is 0. The number of piperidine rings is 1. The van der Waals surface area contributed by atoms with Crippen molar-refractivity contribution in [1.29, 1.82) is 0 Å². The average Bonchev–Trinajstić information content (AvgIpc) is 2.80. The zero-order valence-corrected chi connectivity index (χ0v) is 14.4. The van der Waals surface area contributed by atoms with E-state index >= 15 is 0 Å². The van der Waals surface area contributed by atoms with Gasteiger partial charge in [0.15, 0.2) is 5.03 Å². The van der Waals surface area contributed by atoms with Crippen LogP contribution in [0.4, 0.5) is 0 Å². The SMILES string of the molecule is CC(C)Cn1cnc(S(=O)(=O)NC2CNCCC2C)c1.Cl. The van der Waals surface area contributed by atoms with E-state index in [-0.39, 0.29) is 23.5 Å². The molecule has 0 bridgehead atoms. The summed E-state index contributed by atoms with van der Waals surface area (Å²) in [4.78, 5) is 4.02. The van der Waals surface area contributed by atoms with Crippen LogP contribution in [0.25, 0.3) is 0 Å². The molecular weight excluding hydrogens is 312 g/mol. The van der Waals surface area contributed by atoms with E-state index in [9.17, 15) is 8.42 Å². The van der Waals surface area contributed by atoms with Crippen LogP contribution in [0, 0.1) is 11.8 Å². The van der Waals surface area contributed by atoms with Gasteiger partial charge in [-0.1, -0.05) is 20.8 Å². The van der Waals surface area contributed by atoms with Crippen LogP contribution in [0.3, 0.4) is 0 Å². The number of nitrogens with one attached hydrogen (secondary N) is 2. The highest BCUT2D eigenvalue weighted by Gasteiger charge is 2.27. The van der Waals surface area contributed by atoms with E-state index in [1.54, 1.807) is 12.5 Å². The van der Waals surface area contributed by atoms with Crippen LogP contribution in [0.5, 0.6) is 0 Å². The van der Waals surface area contributed by atoms with E-state index in [1.807, 2.05) is 4.57 Å². The maximum atomic E-state index is 12.3. The molecule has 21 heavy (non-hydrogen) atoms. The Kier molecular flexibility index (Phi) is 6.65. The molecule has 0 spiro atoms. The van der Waals surface area contributed by atoms with E-state index in [0.717, 1.165) is 19.5 Å². The molecule has 1 aliphatic rings. The maximum absolute atomic E-state index is 12.3. The lowest BCUT2D eigenvalue weighted by Gasteiger charge is -2.29. The normalized spacial score (nSPS) is 23.0. The maximum Gasteiger partial charge on any atom is 0.259 e. The van der Waals surface area contributed by atoms with E-state index in [4.69, 9.17) is 0 Å². The first-order valence-corrected chi connectivity index (χ1v) is 8.61. The lowest BCUT2D eigenvalue weighted by Crippen LogP contribution is -2.50. The van der Waals surface area contributed by atoms with E-state index < -0.39 is 10.0 Å². The second-order valence-corrected chi connectivity index (χ2v) is 7.66. The van der Waals surface area contributed by atoms with Crippen molar-refractivity contribution in [1.82, 2.24) is 19.6 Å². The van der Waals surface area contributed by atoms with Crippen molar-refractivity contribution in [2.24, 2.45) is 11.8 Å². The number of aromatic nitrogens is 2. The van der Waals surface area contributed by atoms with Crippen molar-refractivity contribution in [3.8, 4) is 0 Å². The molecule has 2 N–H and O–H groups in total. The molecule has 2 atom stereocenters. The van der Waals surface area contributed by atoms with Crippen molar-refractivity contribution in [3.63, 3.8) is 0 Å². The van der Waals surface area contributed by atoms with Gasteiger partial charge in [-0.05, 0) is 24.8 Å². The molecule has 2 heterocycles. The van der Waals surface area contributed by atoms with Gasteiger partial charge in [0.2, 0.25) is 0 Å². The summed E-state index contributed by atoms with van der Waals surface area (Å²) >= 11 is 0. The summed E-state index contributed by atoms with van der Waals surface area (Å²) in [5.74, 6) is 0.791. The van der Waals surface area contributed by atoms with Gasteiger partial charge in [-0.15, -0.1) is 12.4 Å². The summed E-state index contributed by atoms with van der Waals surface area (Å²) in [5, 5.41) is 3.33. The fourth-order valence-electron chi connectivity index (χ4n) is 2.41. The summed E-state index contributed by atoms with van der Waals surface area (Å²) < 4.78 is 29.2. The molecule has 1 aliphatic heterocycles. The molecular formula is C13H25ClN4O2S. The van der Waals surface area contributed by atoms with E-state index in [0.29, 0.717) is 18.4 Å². The third kappa shape index (κ3) is 4.95. The molecule has 0 amide bonds. The highest BCUT2D eigenvalue weighted by Crippen LogP contribution is 2.15. The third-order valence-corrected chi connectivity index (χ3v) is 4.97. The molecule has 1 fully saturated rings. The monoisotopic (exact) mass is 336 g/mol. The Morgan fingerprint density at radius 1 is 1.52 bits per heavy atom. The Morgan fingerprint density at radius 2 is 2.24 bits per heavy atom. The van der Waals surface area contributed by atoms with Gasteiger partial charge < -0.3 is 9.88 Å². The predicted octanol–water partition coefficient (Wildman–Crippen LogP) is 1.24. The quantitative estimate of drug-likeness (QED) is 0.848. The van der Waals surface area contributed by atoms with Gasteiger partial charge in [-0.25, -0.2) is 18.1 Å². The second kappa shape index (κ2) is 7.58. The fraction of sp³-hybridized carbons (Fsp3) is 0.769. The van der Waals surface area contributed by atoms with E-state index in [2.05, 4.69) is 35.8 Å². The smallest absolute Gasteiger partial charge is 0.259 e. The highest BCUT2D eigenvalue weighted by molar-refractivity contribution is 7.89. The lowest BCUT2D eigenvalue weighted by molar-refractivity contribution is 0.327. The standard InChI is InChI=1S/C13H24N4O2S.ClH/c1-10(2)7-17-8-13(15-9-17)20(18,19)16-12-6-14-5-4-11(12)3;/h8-12,14,16H,4-7H2,1-3H3;1H. The van der Waals surface area contributed by atoms with Crippen LogP contribution in [-0.4, -0.2) is 37.1 Å². The van der Waals surface area contributed by atoms with Crippen LogP contribution >= 0.6 is 12.4 Å². The first-order valence-electron chi connectivity index (χ1n) is 7.13. The highest BCUT2D eigenvalue weighted by atomic mass is 35.5. The molecule has 1 saturated heterocycles. The molecule has 122 valence electrons. The number of imidazole rings is 1. The largest absolute Gasteiger partial charge is 0.336 e. The third-order valence-electron chi connectivity index (χ3n) is 3.59. The second-order valence-electron chi connectivity index (χ2n) is 6.00. The molecule has 1 aromatic heterocycles. The van der Waals surface area contributed by atoms with Crippen LogP contribution in [0.1, 0.15) is 27.2 Å². The van der Waals surface area contributed by atoms with Crippen molar-refractivity contribution in [2.75, 3.05) is 13.1 Å². The Balaban J connectivity index is 0.00000220. The number of sulfonamides is 1. The molecule has 2 rings (SSSR count). The molecule has 0 aliphatic carbocycles. The van der Waals surface area contributed by atoms with Gasteiger partial charge in [0.05, 0.1) is 6.33 Å². The topological polar surface area (TPSA) is 76.0 Å².